The minimum absolute atomic E-state index is 0.0753. The summed E-state index contributed by atoms with van der Waals surface area (Å²) in [4.78, 5) is 31.3. The van der Waals surface area contributed by atoms with E-state index in [2.05, 4.69) is 6.92 Å². The molecule has 0 bridgehead atoms. The highest BCUT2D eigenvalue weighted by molar-refractivity contribution is 6.01. The summed E-state index contributed by atoms with van der Waals surface area (Å²) in [6, 6.07) is 15.3. The van der Waals surface area contributed by atoms with Gasteiger partial charge in [-0.15, -0.1) is 0 Å². The quantitative estimate of drug-likeness (QED) is 0.687. The van der Waals surface area contributed by atoms with Crippen LogP contribution in [0.4, 0.5) is 0 Å². The SMILES string of the molecule is CCCCC(OC=O)c1ccccc1.O=C(O)c1ccccc1C(=O)O. The number of hydrogen-bond donors (Lipinski definition) is 2. The Hall–Kier alpha value is -3.15. The Labute approximate surface area is 152 Å². The van der Waals surface area contributed by atoms with Crippen molar-refractivity contribution in [1.29, 1.82) is 0 Å². The summed E-state index contributed by atoms with van der Waals surface area (Å²) in [5.41, 5.74) is 0.697. The van der Waals surface area contributed by atoms with Crippen LogP contribution in [0, 0.1) is 0 Å². The van der Waals surface area contributed by atoms with E-state index >= 15 is 0 Å². The Balaban J connectivity index is 0.000000263. The predicted molar refractivity (Wildman–Crippen MR) is 96.2 cm³/mol. The monoisotopic (exact) mass is 358 g/mol. The molecule has 0 aromatic heterocycles. The highest BCUT2D eigenvalue weighted by atomic mass is 16.5. The van der Waals surface area contributed by atoms with Crippen LogP contribution < -0.4 is 0 Å². The summed E-state index contributed by atoms with van der Waals surface area (Å²) < 4.78 is 5.05. The maximum Gasteiger partial charge on any atom is 0.336 e. The molecule has 1 unspecified atom stereocenters. The lowest BCUT2D eigenvalue weighted by Gasteiger charge is -2.14. The van der Waals surface area contributed by atoms with Gasteiger partial charge >= 0.3 is 11.9 Å². The lowest BCUT2D eigenvalue weighted by Crippen LogP contribution is -2.06. The van der Waals surface area contributed by atoms with Crippen LogP contribution in [0.5, 0.6) is 0 Å². The molecule has 0 fully saturated rings. The summed E-state index contributed by atoms with van der Waals surface area (Å²) in [7, 11) is 0. The third kappa shape index (κ3) is 6.76. The number of carboxylic acids is 2. The first-order valence-corrected chi connectivity index (χ1v) is 8.20. The van der Waals surface area contributed by atoms with E-state index in [1.54, 1.807) is 0 Å². The van der Waals surface area contributed by atoms with Crippen molar-refractivity contribution < 1.29 is 29.3 Å². The number of ether oxygens (including phenoxy) is 1. The normalized spacial score (nSPS) is 10.8. The maximum atomic E-state index is 10.5. The topological polar surface area (TPSA) is 101 Å². The number of unbranched alkanes of at least 4 members (excludes halogenated alkanes) is 1. The van der Waals surface area contributed by atoms with E-state index in [0.717, 1.165) is 24.8 Å². The number of carbonyl (C=O) groups is 3. The van der Waals surface area contributed by atoms with Crippen molar-refractivity contribution in [2.24, 2.45) is 0 Å². The molecule has 6 heteroatoms. The predicted octanol–water partition coefficient (Wildman–Crippen LogP) is 4.17. The van der Waals surface area contributed by atoms with Gasteiger partial charge in [0.2, 0.25) is 0 Å². The Bertz CT molecular complexity index is 678. The molecule has 2 aromatic carbocycles. The van der Waals surface area contributed by atoms with Crippen LogP contribution in [0.15, 0.2) is 54.6 Å². The fraction of sp³-hybridized carbons (Fsp3) is 0.250. The Morgan fingerprint density at radius 3 is 1.88 bits per heavy atom. The first kappa shape index (κ1) is 20.9. The fourth-order valence-corrected chi connectivity index (χ4v) is 2.29. The molecule has 2 N–H and O–H groups in total. The molecule has 0 aliphatic carbocycles. The number of benzene rings is 2. The molecule has 2 aromatic rings. The molecule has 0 radical (unpaired) electrons. The Morgan fingerprint density at radius 1 is 0.962 bits per heavy atom. The van der Waals surface area contributed by atoms with Crippen molar-refractivity contribution in [3.05, 3.63) is 71.3 Å². The van der Waals surface area contributed by atoms with Crippen molar-refractivity contribution in [3.63, 3.8) is 0 Å². The van der Waals surface area contributed by atoms with Crippen LogP contribution >= 0.6 is 0 Å². The fourth-order valence-electron chi connectivity index (χ4n) is 2.29. The number of carboxylic acid groups (broad SMARTS) is 2. The van der Waals surface area contributed by atoms with E-state index in [4.69, 9.17) is 14.9 Å². The molecule has 138 valence electrons. The standard InChI is InChI=1S/C12H16O2.C8H6O4/c1-2-3-9-12(14-10-13)11-7-5-4-6-8-11;9-7(10)5-3-1-2-4-6(5)8(11)12/h4-8,10,12H,2-3,9H2,1H3;1-4H,(H,9,10)(H,11,12). The molecule has 2 rings (SSSR count). The van der Waals surface area contributed by atoms with Crippen molar-refractivity contribution in [2.75, 3.05) is 0 Å². The van der Waals surface area contributed by atoms with E-state index in [9.17, 15) is 14.4 Å². The first-order valence-electron chi connectivity index (χ1n) is 8.20. The van der Waals surface area contributed by atoms with Crippen LogP contribution in [0.3, 0.4) is 0 Å². The molecule has 6 nitrogen and oxygen atoms in total. The minimum atomic E-state index is -1.23. The number of carbonyl (C=O) groups excluding carboxylic acids is 1. The van der Waals surface area contributed by atoms with Gasteiger partial charge in [-0.25, -0.2) is 9.59 Å². The largest absolute Gasteiger partial charge is 0.478 e. The van der Waals surface area contributed by atoms with Gasteiger partial charge < -0.3 is 14.9 Å². The molecule has 0 saturated heterocycles. The molecule has 0 heterocycles. The summed E-state index contributed by atoms with van der Waals surface area (Å²) in [6.45, 7) is 2.66. The molecule has 0 spiro atoms. The maximum absolute atomic E-state index is 10.5. The smallest absolute Gasteiger partial charge is 0.336 e. The Kier molecular flexibility index (Phi) is 9.17. The second-order valence-electron chi connectivity index (χ2n) is 5.43. The number of rotatable bonds is 8. The van der Waals surface area contributed by atoms with E-state index in [0.29, 0.717) is 6.47 Å². The van der Waals surface area contributed by atoms with E-state index in [1.165, 1.54) is 24.3 Å². The molecule has 26 heavy (non-hydrogen) atoms. The highest BCUT2D eigenvalue weighted by Gasteiger charge is 2.13. The molecule has 0 aliphatic rings. The number of aromatic carboxylic acids is 2. The van der Waals surface area contributed by atoms with Gasteiger partial charge in [-0.1, -0.05) is 55.8 Å². The summed E-state index contributed by atoms with van der Waals surface area (Å²) in [5.74, 6) is -2.46. The van der Waals surface area contributed by atoms with E-state index in [1.807, 2.05) is 30.3 Å². The third-order valence-electron chi connectivity index (χ3n) is 3.60. The second kappa shape index (κ2) is 11.4. The third-order valence-corrected chi connectivity index (χ3v) is 3.60. The molecule has 0 saturated carbocycles. The molecular formula is C20H22O6. The summed E-state index contributed by atoms with van der Waals surface area (Å²) >= 11 is 0. The zero-order chi connectivity index (χ0) is 19.4. The lowest BCUT2D eigenvalue weighted by atomic mass is 10.0. The van der Waals surface area contributed by atoms with Gasteiger partial charge in [0, 0.05) is 0 Å². The zero-order valence-electron chi connectivity index (χ0n) is 14.5. The van der Waals surface area contributed by atoms with Gasteiger partial charge in [0.15, 0.2) is 0 Å². The van der Waals surface area contributed by atoms with Crippen LogP contribution in [-0.4, -0.2) is 28.6 Å². The molecular weight excluding hydrogens is 336 g/mol. The van der Waals surface area contributed by atoms with E-state index in [-0.39, 0.29) is 17.2 Å². The van der Waals surface area contributed by atoms with Crippen molar-refractivity contribution in [1.82, 2.24) is 0 Å². The van der Waals surface area contributed by atoms with Gasteiger partial charge in [-0.3, -0.25) is 4.79 Å². The van der Waals surface area contributed by atoms with Crippen LogP contribution in [0.2, 0.25) is 0 Å². The molecule has 0 amide bonds. The van der Waals surface area contributed by atoms with Gasteiger partial charge in [-0.2, -0.15) is 0 Å². The first-order chi connectivity index (χ1) is 12.5. The summed E-state index contributed by atoms with van der Waals surface area (Å²) in [5, 5.41) is 17.1. The van der Waals surface area contributed by atoms with Crippen LogP contribution in [0.1, 0.15) is 58.6 Å². The molecule has 1 atom stereocenters. The van der Waals surface area contributed by atoms with E-state index < -0.39 is 11.9 Å². The highest BCUT2D eigenvalue weighted by Crippen LogP contribution is 2.22. The van der Waals surface area contributed by atoms with Crippen molar-refractivity contribution in [2.45, 2.75) is 32.3 Å². The van der Waals surface area contributed by atoms with Gasteiger partial charge in [0.1, 0.15) is 6.10 Å². The van der Waals surface area contributed by atoms with Gasteiger partial charge in [0.25, 0.3) is 6.47 Å². The van der Waals surface area contributed by atoms with Crippen molar-refractivity contribution in [3.8, 4) is 0 Å². The zero-order valence-corrected chi connectivity index (χ0v) is 14.5. The Morgan fingerprint density at radius 2 is 1.46 bits per heavy atom. The van der Waals surface area contributed by atoms with Gasteiger partial charge in [-0.05, 0) is 30.5 Å². The average Bonchev–Trinajstić information content (AvgIpc) is 2.66. The second-order valence-corrected chi connectivity index (χ2v) is 5.43. The summed E-state index contributed by atoms with van der Waals surface area (Å²) in [6.07, 6.45) is 3.02. The van der Waals surface area contributed by atoms with Crippen LogP contribution in [-0.2, 0) is 9.53 Å². The van der Waals surface area contributed by atoms with Gasteiger partial charge in [0.05, 0.1) is 11.1 Å². The van der Waals surface area contributed by atoms with Crippen molar-refractivity contribution >= 4 is 18.4 Å². The average molecular weight is 358 g/mol. The number of hydrogen-bond acceptors (Lipinski definition) is 4. The minimum Gasteiger partial charge on any atom is -0.478 e. The lowest BCUT2D eigenvalue weighted by molar-refractivity contribution is -0.134. The van der Waals surface area contributed by atoms with Crippen LogP contribution in [0.25, 0.3) is 0 Å². The molecule has 0 aliphatic heterocycles.